The van der Waals surface area contributed by atoms with Gasteiger partial charge >= 0.3 is 0 Å². The first-order valence-corrected chi connectivity index (χ1v) is 10.9. The van der Waals surface area contributed by atoms with E-state index in [1.165, 1.54) is 0 Å². The quantitative estimate of drug-likeness (QED) is 0.476. The monoisotopic (exact) mass is 436 g/mol. The Hall–Kier alpha value is -3.32. The Morgan fingerprint density at radius 2 is 1.88 bits per heavy atom. The van der Waals surface area contributed by atoms with Crippen LogP contribution < -0.4 is 14.8 Å². The van der Waals surface area contributed by atoms with Crippen molar-refractivity contribution in [1.29, 1.82) is 0 Å². The van der Waals surface area contributed by atoms with Crippen LogP contribution in [-0.4, -0.2) is 53.1 Å². The maximum Gasteiger partial charge on any atom is 0.257 e. The number of anilines is 1. The van der Waals surface area contributed by atoms with Crippen LogP contribution in [0.1, 0.15) is 38.1 Å². The summed E-state index contributed by atoms with van der Waals surface area (Å²) in [6.07, 6.45) is 5.11. The molecule has 0 saturated heterocycles. The number of nitrogens with one attached hydrogen (secondary N) is 2. The average Bonchev–Trinajstić information content (AvgIpc) is 3.31. The second kappa shape index (κ2) is 10.8. The summed E-state index contributed by atoms with van der Waals surface area (Å²) in [5.74, 6) is 0.975. The van der Waals surface area contributed by atoms with Crippen LogP contribution in [0.4, 0.5) is 5.69 Å². The summed E-state index contributed by atoms with van der Waals surface area (Å²) in [5.41, 5.74) is 2.85. The van der Waals surface area contributed by atoms with Crippen LogP contribution in [0.3, 0.4) is 0 Å². The Kier molecular flexibility index (Phi) is 7.89. The summed E-state index contributed by atoms with van der Waals surface area (Å²) < 4.78 is 11.5. The molecule has 0 atom stereocenters. The minimum atomic E-state index is -0.243. The van der Waals surface area contributed by atoms with Gasteiger partial charge in [-0.05, 0) is 58.0 Å². The highest BCUT2D eigenvalue weighted by Crippen LogP contribution is 2.30. The summed E-state index contributed by atoms with van der Waals surface area (Å²) in [6, 6.07) is 11.9. The molecule has 0 aliphatic carbocycles. The van der Waals surface area contributed by atoms with Gasteiger partial charge in [0.05, 0.1) is 12.7 Å². The number of ether oxygens (including phenoxy) is 2. The van der Waals surface area contributed by atoms with E-state index in [-0.39, 0.29) is 5.91 Å². The average molecular weight is 437 g/mol. The van der Waals surface area contributed by atoms with E-state index in [9.17, 15) is 4.79 Å². The second-order valence-electron chi connectivity index (χ2n) is 8.14. The van der Waals surface area contributed by atoms with Crippen molar-refractivity contribution in [3.8, 4) is 22.8 Å². The lowest BCUT2D eigenvalue weighted by Crippen LogP contribution is -2.39. The molecule has 2 aromatic heterocycles. The number of aromatic amines is 1. The molecule has 7 heteroatoms. The van der Waals surface area contributed by atoms with Gasteiger partial charge in [0.25, 0.3) is 5.91 Å². The SMILES string of the molecule is COc1ccc(NC(=O)c2cncc(-c3ccc[nH]3)c2)cc1OCCN(C(C)C)C(C)C. The lowest BCUT2D eigenvalue weighted by atomic mass is 10.1. The first-order valence-electron chi connectivity index (χ1n) is 10.9. The van der Waals surface area contributed by atoms with Crippen LogP contribution in [0.25, 0.3) is 11.3 Å². The van der Waals surface area contributed by atoms with Crippen molar-refractivity contribution in [2.24, 2.45) is 0 Å². The van der Waals surface area contributed by atoms with E-state index in [0.29, 0.717) is 41.4 Å². The second-order valence-corrected chi connectivity index (χ2v) is 8.14. The van der Waals surface area contributed by atoms with E-state index in [1.54, 1.807) is 37.7 Å². The molecule has 0 aliphatic rings. The van der Waals surface area contributed by atoms with E-state index in [1.807, 2.05) is 24.4 Å². The van der Waals surface area contributed by atoms with Crippen LogP contribution in [-0.2, 0) is 0 Å². The fraction of sp³-hybridized carbons (Fsp3) is 0.360. The third-order valence-corrected chi connectivity index (χ3v) is 5.26. The smallest absolute Gasteiger partial charge is 0.257 e. The Balaban J connectivity index is 1.70. The lowest BCUT2D eigenvalue weighted by Gasteiger charge is -2.30. The van der Waals surface area contributed by atoms with E-state index in [0.717, 1.165) is 17.8 Å². The van der Waals surface area contributed by atoms with Gasteiger partial charge < -0.3 is 19.8 Å². The van der Waals surface area contributed by atoms with Gasteiger partial charge in [-0.25, -0.2) is 0 Å². The van der Waals surface area contributed by atoms with E-state index in [2.05, 4.69) is 47.9 Å². The third kappa shape index (κ3) is 5.88. The van der Waals surface area contributed by atoms with Crippen LogP contribution in [0.15, 0.2) is 55.0 Å². The topological polar surface area (TPSA) is 79.5 Å². The number of pyridine rings is 1. The number of amides is 1. The summed E-state index contributed by atoms with van der Waals surface area (Å²) >= 11 is 0. The first kappa shape index (κ1) is 23.3. The molecule has 3 aromatic rings. The molecule has 0 radical (unpaired) electrons. The predicted molar refractivity (Wildman–Crippen MR) is 127 cm³/mol. The normalized spacial score (nSPS) is 11.2. The molecule has 0 aliphatic heterocycles. The van der Waals surface area contributed by atoms with Gasteiger partial charge in [-0.1, -0.05) is 0 Å². The third-order valence-electron chi connectivity index (χ3n) is 5.26. The summed E-state index contributed by atoms with van der Waals surface area (Å²) in [6.45, 7) is 10.0. The van der Waals surface area contributed by atoms with Crippen LogP contribution in [0, 0.1) is 0 Å². The number of H-pyrrole nitrogens is 1. The van der Waals surface area contributed by atoms with Crippen LogP contribution >= 0.6 is 0 Å². The molecule has 2 heterocycles. The summed E-state index contributed by atoms with van der Waals surface area (Å²) in [5, 5.41) is 2.92. The molecule has 170 valence electrons. The van der Waals surface area contributed by atoms with Gasteiger partial charge in [-0.3, -0.25) is 14.7 Å². The molecular formula is C25H32N4O3. The summed E-state index contributed by atoms with van der Waals surface area (Å²) in [7, 11) is 1.60. The fourth-order valence-electron chi connectivity index (χ4n) is 3.67. The number of methoxy groups -OCH3 is 1. The Morgan fingerprint density at radius 3 is 2.53 bits per heavy atom. The molecule has 0 spiro atoms. The zero-order valence-electron chi connectivity index (χ0n) is 19.4. The first-order chi connectivity index (χ1) is 15.4. The zero-order valence-corrected chi connectivity index (χ0v) is 19.4. The van der Waals surface area contributed by atoms with E-state index < -0.39 is 0 Å². The number of carbonyl (C=O) groups is 1. The number of benzene rings is 1. The van der Waals surface area contributed by atoms with Gasteiger partial charge in [0.2, 0.25) is 0 Å². The molecule has 7 nitrogen and oxygen atoms in total. The molecule has 0 unspecified atom stereocenters. The molecule has 0 fully saturated rings. The van der Waals surface area contributed by atoms with Gasteiger partial charge in [0.1, 0.15) is 6.61 Å². The van der Waals surface area contributed by atoms with Crippen molar-refractivity contribution in [2.75, 3.05) is 25.6 Å². The van der Waals surface area contributed by atoms with Crippen molar-refractivity contribution >= 4 is 11.6 Å². The van der Waals surface area contributed by atoms with Gasteiger partial charge in [-0.15, -0.1) is 0 Å². The molecule has 32 heavy (non-hydrogen) atoms. The van der Waals surface area contributed by atoms with Crippen LogP contribution in [0.2, 0.25) is 0 Å². The largest absolute Gasteiger partial charge is 0.493 e. The van der Waals surface area contributed by atoms with Crippen molar-refractivity contribution in [3.05, 3.63) is 60.6 Å². The lowest BCUT2D eigenvalue weighted by molar-refractivity contribution is 0.102. The molecular weight excluding hydrogens is 404 g/mol. The van der Waals surface area contributed by atoms with E-state index in [4.69, 9.17) is 9.47 Å². The number of carbonyl (C=O) groups excluding carboxylic acids is 1. The Labute approximate surface area is 189 Å². The maximum absolute atomic E-state index is 12.8. The maximum atomic E-state index is 12.8. The Morgan fingerprint density at radius 1 is 1.09 bits per heavy atom. The highest BCUT2D eigenvalue weighted by atomic mass is 16.5. The molecule has 3 rings (SSSR count). The number of nitrogens with zero attached hydrogens (tertiary/aromatic N) is 2. The van der Waals surface area contributed by atoms with E-state index >= 15 is 0 Å². The van der Waals surface area contributed by atoms with Gasteiger partial charge in [-0.2, -0.15) is 0 Å². The minimum Gasteiger partial charge on any atom is -0.493 e. The van der Waals surface area contributed by atoms with Gasteiger partial charge in [0, 0.05) is 60.2 Å². The number of hydrogen-bond donors (Lipinski definition) is 2. The Bertz CT molecular complexity index is 1010. The van der Waals surface area contributed by atoms with Crippen molar-refractivity contribution in [3.63, 3.8) is 0 Å². The molecule has 1 amide bonds. The molecule has 1 aromatic carbocycles. The minimum absolute atomic E-state index is 0.243. The van der Waals surface area contributed by atoms with Crippen LogP contribution in [0.5, 0.6) is 11.5 Å². The number of hydrogen-bond acceptors (Lipinski definition) is 5. The van der Waals surface area contributed by atoms with Crippen molar-refractivity contribution < 1.29 is 14.3 Å². The molecule has 0 bridgehead atoms. The standard InChI is InChI=1S/C25H32N4O3/c1-17(2)29(18(3)4)11-12-32-24-14-21(8-9-23(24)31-5)28-25(30)20-13-19(15-26-16-20)22-7-6-10-27-22/h6-10,13-18,27H,11-12H2,1-5H3,(H,28,30). The fourth-order valence-corrected chi connectivity index (χ4v) is 3.67. The number of rotatable bonds is 10. The highest BCUT2D eigenvalue weighted by Gasteiger charge is 2.15. The van der Waals surface area contributed by atoms with Gasteiger partial charge in [0.15, 0.2) is 11.5 Å². The van der Waals surface area contributed by atoms with Crippen molar-refractivity contribution in [1.82, 2.24) is 14.9 Å². The van der Waals surface area contributed by atoms with Crippen molar-refractivity contribution in [2.45, 2.75) is 39.8 Å². The molecule has 2 N–H and O–H groups in total. The summed E-state index contributed by atoms with van der Waals surface area (Å²) in [4.78, 5) is 22.5. The zero-order chi connectivity index (χ0) is 23.1. The predicted octanol–water partition coefficient (Wildman–Crippen LogP) is 4.84. The highest BCUT2D eigenvalue weighted by molar-refractivity contribution is 6.04. The molecule has 0 saturated carbocycles. The number of aromatic nitrogens is 2.